The van der Waals surface area contributed by atoms with Crippen molar-refractivity contribution in [2.24, 2.45) is 5.14 Å². The van der Waals surface area contributed by atoms with Gasteiger partial charge in [0, 0.05) is 22.3 Å². The molecule has 0 atom stereocenters. The van der Waals surface area contributed by atoms with Crippen molar-refractivity contribution < 1.29 is 23.2 Å². The molecule has 7 nitrogen and oxygen atoms in total. The molecule has 0 aliphatic heterocycles. The van der Waals surface area contributed by atoms with Gasteiger partial charge in [-0.15, -0.1) is 0 Å². The molecule has 0 saturated carbocycles. The highest BCUT2D eigenvalue weighted by Gasteiger charge is 2.15. The number of ether oxygens (including phenoxy) is 1. The number of hydroxylamine groups is 1. The average Bonchev–Trinajstić information content (AvgIpc) is 2.91. The second-order valence-corrected chi connectivity index (χ2v) is 9.60. The van der Waals surface area contributed by atoms with Crippen LogP contribution in [-0.4, -0.2) is 19.4 Å². The summed E-state index contributed by atoms with van der Waals surface area (Å²) in [6.07, 6.45) is 3.11. The molecule has 0 aromatic heterocycles. The van der Waals surface area contributed by atoms with Gasteiger partial charge in [0.2, 0.25) is 10.0 Å². The quantitative estimate of drug-likeness (QED) is 0.152. The van der Waals surface area contributed by atoms with Gasteiger partial charge in [0.15, 0.2) is 5.78 Å². The minimum atomic E-state index is -3.89. The van der Waals surface area contributed by atoms with E-state index in [9.17, 15) is 13.2 Å². The summed E-state index contributed by atoms with van der Waals surface area (Å²) < 4.78 is 29.8. The predicted octanol–water partition coefficient (Wildman–Crippen LogP) is 5.64. The lowest BCUT2D eigenvalue weighted by Crippen LogP contribution is -2.13. The number of ketones is 1. The van der Waals surface area contributed by atoms with Crippen LogP contribution in [0.3, 0.4) is 0 Å². The first-order valence-electron chi connectivity index (χ1n) is 11.2. The number of allylic oxidation sites excluding steroid dienone is 1. The van der Waals surface area contributed by atoms with Crippen LogP contribution < -0.4 is 15.4 Å². The fraction of sp³-hybridized carbons (Fsp3) is 0. The lowest BCUT2D eigenvalue weighted by molar-refractivity contribution is 0.104. The topological polar surface area (TPSA) is 119 Å². The number of carbonyl (C=O) groups excluding carboxylic acids is 1. The molecule has 4 N–H and O–H groups in total. The van der Waals surface area contributed by atoms with Crippen LogP contribution in [0.15, 0.2) is 115 Å². The molecule has 4 aromatic rings. The summed E-state index contributed by atoms with van der Waals surface area (Å²) in [7, 11) is -3.89. The standard InChI is InChI=1S/C29H24N2O5S/c1-20(31-33)24-8-6-9-25(19-24)36-28-11-4-2-7-23(28)17-18-27(32)22-15-13-21(14-16-22)26-10-3-5-12-29(26)37(30,34)35/h2-19,31,33H,1H2,(H2,30,34,35)/b18-17+. The van der Waals surface area contributed by atoms with E-state index in [-0.39, 0.29) is 10.7 Å². The van der Waals surface area contributed by atoms with Crippen molar-refractivity contribution in [3.63, 3.8) is 0 Å². The van der Waals surface area contributed by atoms with E-state index in [4.69, 9.17) is 15.1 Å². The first-order chi connectivity index (χ1) is 17.8. The van der Waals surface area contributed by atoms with Crippen molar-refractivity contribution in [2.45, 2.75) is 4.90 Å². The van der Waals surface area contributed by atoms with Crippen molar-refractivity contribution in [1.29, 1.82) is 0 Å². The first kappa shape index (κ1) is 25.6. The van der Waals surface area contributed by atoms with Crippen LogP contribution in [-0.2, 0) is 10.0 Å². The molecule has 0 bridgehead atoms. The van der Waals surface area contributed by atoms with Crippen molar-refractivity contribution in [3.8, 4) is 22.6 Å². The van der Waals surface area contributed by atoms with Crippen LogP contribution in [0.4, 0.5) is 0 Å². The third kappa shape index (κ3) is 6.20. The zero-order chi connectivity index (χ0) is 26.4. The number of carbonyl (C=O) groups is 1. The van der Waals surface area contributed by atoms with Crippen LogP contribution in [0, 0.1) is 0 Å². The van der Waals surface area contributed by atoms with E-state index in [0.29, 0.717) is 45.0 Å². The number of para-hydroxylation sites is 1. The van der Waals surface area contributed by atoms with E-state index in [0.717, 1.165) is 0 Å². The zero-order valence-electron chi connectivity index (χ0n) is 19.7. The fourth-order valence-electron chi connectivity index (χ4n) is 3.68. The summed E-state index contributed by atoms with van der Waals surface area (Å²) in [6.45, 7) is 3.73. The van der Waals surface area contributed by atoms with Gasteiger partial charge in [-0.1, -0.05) is 79.4 Å². The molecule has 0 heterocycles. The van der Waals surface area contributed by atoms with E-state index in [1.807, 2.05) is 23.7 Å². The van der Waals surface area contributed by atoms with Crippen molar-refractivity contribution in [2.75, 3.05) is 0 Å². The Morgan fingerprint density at radius 2 is 1.59 bits per heavy atom. The zero-order valence-corrected chi connectivity index (χ0v) is 20.5. The molecule has 0 radical (unpaired) electrons. The molecule has 0 saturated heterocycles. The maximum Gasteiger partial charge on any atom is 0.238 e. The molecule has 0 unspecified atom stereocenters. The third-order valence-corrected chi connectivity index (χ3v) is 6.52. The molecule has 8 heteroatoms. The Morgan fingerprint density at radius 1 is 0.892 bits per heavy atom. The van der Waals surface area contributed by atoms with Gasteiger partial charge < -0.3 is 4.74 Å². The molecular formula is C29H24N2O5S. The van der Waals surface area contributed by atoms with E-state index in [2.05, 4.69) is 6.58 Å². The van der Waals surface area contributed by atoms with Crippen molar-refractivity contribution in [1.82, 2.24) is 5.48 Å². The molecule has 0 aliphatic carbocycles. The highest BCUT2D eigenvalue weighted by Crippen LogP contribution is 2.29. The Morgan fingerprint density at radius 3 is 2.32 bits per heavy atom. The number of rotatable bonds is 9. The average molecular weight is 513 g/mol. The summed E-state index contributed by atoms with van der Waals surface area (Å²) in [4.78, 5) is 12.9. The number of sulfonamides is 1. The second kappa shape index (κ2) is 11.0. The van der Waals surface area contributed by atoms with Crippen LogP contribution in [0.1, 0.15) is 21.5 Å². The van der Waals surface area contributed by atoms with E-state index >= 15 is 0 Å². The highest BCUT2D eigenvalue weighted by molar-refractivity contribution is 7.89. The SMILES string of the molecule is C=C(NO)c1cccc(Oc2ccccc2/C=C/C(=O)c2ccc(-c3ccccc3S(N)(=O)=O)cc2)c1. The molecule has 0 spiro atoms. The van der Waals surface area contributed by atoms with Gasteiger partial charge in [0.1, 0.15) is 11.5 Å². The summed E-state index contributed by atoms with van der Waals surface area (Å²) in [5, 5.41) is 14.4. The van der Waals surface area contributed by atoms with Gasteiger partial charge in [-0.05, 0) is 42.0 Å². The molecule has 0 aliphatic rings. The summed E-state index contributed by atoms with van der Waals surface area (Å²) >= 11 is 0. The monoisotopic (exact) mass is 512 g/mol. The minimum absolute atomic E-state index is 0.0213. The largest absolute Gasteiger partial charge is 0.457 e. The molecule has 186 valence electrons. The fourth-order valence-corrected chi connectivity index (χ4v) is 4.44. The number of nitrogens with two attached hydrogens (primary N) is 1. The Kier molecular flexibility index (Phi) is 7.64. The van der Waals surface area contributed by atoms with Gasteiger partial charge in [-0.25, -0.2) is 13.6 Å². The lowest BCUT2D eigenvalue weighted by atomic mass is 10.0. The molecule has 0 fully saturated rings. The van der Waals surface area contributed by atoms with E-state index < -0.39 is 10.0 Å². The van der Waals surface area contributed by atoms with Crippen molar-refractivity contribution >= 4 is 27.6 Å². The van der Waals surface area contributed by atoms with Crippen LogP contribution in [0.2, 0.25) is 0 Å². The normalized spacial score (nSPS) is 11.3. The number of primary sulfonamides is 1. The van der Waals surface area contributed by atoms with Gasteiger partial charge >= 0.3 is 0 Å². The summed E-state index contributed by atoms with van der Waals surface area (Å²) in [6, 6.07) is 27.4. The van der Waals surface area contributed by atoms with E-state index in [1.54, 1.807) is 78.9 Å². The Bertz CT molecular complexity index is 1590. The Balaban J connectivity index is 1.53. The number of hydrogen-bond donors (Lipinski definition) is 3. The summed E-state index contributed by atoms with van der Waals surface area (Å²) in [5.74, 6) is 0.853. The molecule has 37 heavy (non-hydrogen) atoms. The molecule has 0 amide bonds. The maximum atomic E-state index is 12.8. The van der Waals surface area contributed by atoms with E-state index in [1.165, 1.54) is 12.1 Å². The Hall–Kier alpha value is -4.50. The van der Waals surface area contributed by atoms with Gasteiger partial charge in [-0.2, -0.15) is 0 Å². The van der Waals surface area contributed by atoms with Gasteiger partial charge in [0.05, 0.1) is 10.6 Å². The minimum Gasteiger partial charge on any atom is -0.457 e. The molecule has 4 rings (SSSR count). The number of nitrogens with one attached hydrogen (secondary N) is 1. The highest BCUT2D eigenvalue weighted by atomic mass is 32.2. The van der Waals surface area contributed by atoms with Crippen molar-refractivity contribution in [3.05, 3.63) is 126 Å². The number of hydrogen-bond acceptors (Lipinski definition) is 6. The third-order valence-electron chi connectivity index (χ3n) is 5.55. The molecular weight excluding hydrogens is 488 g/mol. The predicted molar refractivity (Wildman–Crippen MR) is 144 cm³/mol. The maximum absolute atomic E-state index is 12.8. The van der Waals surface area contributed by atoms with Gasteiger partial charge in [-0.3, -0.25) is 15.5 Å². The van der Waals surface area contributed by atoms with Crippen LogP contribution in [0.5, 0.6) is 11.5 Å². The van der Waals surface area contributed by atoms with Crippen LogP contribution in [0.25, 0.3) is 22.9 Å². The van der Waals surface area contributed by atoms with Crippen LogP contribution >= 0.6 is 0 Å². The Labute approximate surface area is 215 Å². The number of benzene rings is 4. The summed E-state index contributed by atoms with van der Waals surface area (Å²) in [5.41, 5.74) is 5.25. The smallest absolute Gasteiger partial charge is 0.238 e. The second-order valence-electron chi connectivity index (χ2n) is 8.07. The van der Waals surface area contributed by atoms with Gasteiger partial charge in [0.25, 0.3) is 0 Å². The molecule has 4 aromatic carbocycles. The first-order valence-corrected chi connectivity index (χ1v) is 12.7. The lowest BCUT2D eigenvalue weighted by Gasteiger charge is -2.11.